The zero-order valence-corrected chi connectivity index (χ0v) is 19.3. The molecule has 2 aliphatic heterocycles. The molecule has 0 aromatic carbocycles. The first-order chi connectivity index (χ1) is 11.8. The zero-order chi connectivity index (χ0) is 21.2. The van der Waals surface area contributed by atoms with Crippen LogP contribution in [0, 0.1) is 10.4 Å². The van der Waals surface area contributed by atoms with Gasteiger partial charge in [0.2, 0.25) is 10.0 Å². The Labute approximate surface area is 165 Å². The molecule has 2 saturated heterocycles. The second-order valence-corrected chi connectivity index (χ2v) is 13.3. The third-order valence-corrected chi connectivity index (χ3v) is 7.91. The first-order valence-electron chi connectivity index (χ1n) is 9.90. The standard InChI is InChI=1S/C19H39N3O4S/c1-16(2)10-14(11-17(3,4)21(16)23)20(27(9,25)26)15-12-18(5,6)22(24)19(7,8)13-15/h14-15,21-22H,10-13H2,1-9H3. The lowest BCUT2D eigenvalue weighted by atomic mass is 9.76. The molecule has 0 spiro atoms. The molecule has 2 fully saturated rings. The fourth-order valence-electron chi connectivity index (χ4n) is 5.90. The molecule has 0 unspecified atom stereocenters. The highest BCUT2D eigenvalue weighted by Gasteiger charge is 2.54. The molecular weight excluding hydrogens is 366 g/mol. The number of rotatable bonds is 3. The molecular formula is C19H39N3O4S. The molecule has 7 nitrogen and oxygen atoms in total. The highest BCUT2D eigenvalue weighted by atomic mass is 32.2. The molecule has 2 rings (SSSR count). The van der Waals surface area contributed by atoms with E-state index in [1.54, 1.807) is 4.31 Å². The molecule has 2 N–H and O–H groups in total. The summed E-state index contributed by atoms with van der Waals surface area (Å²) in [6.45, 7) is 15.3. The van der Waals surface area contributed by atoms with E-state index < -0.39 is 32.2 Å². The first kappa shape index (κ1) is 23.0. The molecule has 27 heavy (non-hydrogen) atoms. The molecule has 0 amide bonds. The molecule has 0 aromatic rings. The Bertz CT molecular complexity index is 594. The second kappa shape index (κ2) is 6.64. The normalized spacial score (nSPS) is 37.9. The molecule has 2 aliphatic rings. The zero-order valence-electron chi connectivity index (χ0n) is 18.5. The van der Waals surface area contributed by atoms with Gasteiger partial charge in [0.1, 0.15) is 0 Å². The number of hydrogen-bond donors (Lipinski definition) is 2. The summed E-state index contributed by atoms with van der Waals surface area (Å²) >= 11 is 0. The van der Waals surface area contributed by atoms with Crippen LogP contribution in [0.15, 0.2) is 0 Å². The van der Waals surface area contributed by atoms with Crippen molar-refractivity contribution in [3.8, 4) is 0 Å². The summed E-state index contributed by atoms with van der Waals surface area (Å²) in [5, 5.41) is 26.0. The van der Waals surface area contributed by atoms with Crippen LogP contribution < -0.4 is 10.1 Å². The van der Waals surface area contributed by atoms with E-state index in [2.05, 4.69) is 0 Å². The van der Waals surface area contributed by atoms with E-state index in [-0.39, 0.29) is 22.2 Å². The van der Waals surface area contributed by atoms with Crippen molar-refractivity contribution >= 4 is 10.0 Å². The fraction of sp³-hybridized carbons (Fsp3) is 1.00. The van der Waals surface area contributed by atoms with E-state index in [1.807, 2.05) is 55.4 Å². The molecule has 8 heteroatoms. The summed E-state index contributed by atoms with van der Waals surface area (Å²) < 4.78 is 27.4. The van der Waals surface area contributed by atoms with Gasteiger partial charge in [0.15, 0.2) is 0 Å². The monoisotopic (exact) mass is 405 g/mol. The van der Waals surface area contributed by atoms with Crippen molar-refractivity contribution in [3.63, 3.8) is 0 Å². The Balaban J connectivity index is 2.46. The molecule has 0 atom stereocenters. The van der Waals surface area contributed by atoms with Gasteiger partial charge in [-0.2, -0.15) is 4.31 Å². The van der Waals surface area contributed by atoms with E-state index in [0.717, 1.165) is 0 Å². The van der Waals surface area contributed by atoms with E-state index in [0.29, 0.717) is 25.7 Å². The summed E-state index contributed by atoms with van der Waals surface area (Å²) in [6, 6.07) is -0.458. The largest absolute Gasteiger partial charge is 0.634 e. The Morgan fingerprint density at radius 2 is 0.926 bits per heavy atom. The minimum absolute atomic E-state index is 0.194. The van der Waals surface area contributed by atoms with E-state index >= 15 is 0 Å². The van der Waals surface area contributed by atoms with Gasteiger partial charge in [0.25, 0.3) is 0 Å². The van der Waals surface area contributed by atoms with Crippen LogP contribution in [0.2, 0.25) is 0 Å². The summed E-state index contributed by atoms with van der Waals surface area (Å²) in [5.74, 6) is 0. The van der Waals surface area contributed by atoms with Crippen molar-refractivity contribution in [1.29, 1.82) is 0 Å². The molecule has 160 valence electrons. The van der Waals surface area contributed by atoms with Crippen LogP contribution in [0.5, 0.6) is 0 Å². The van der Waals surface area contributed by atoms with Gasteiger partial charge in [-0.1, -0.05) is 0 Å². The Hall–Kier alpha value is -0.250. The maximum Gasteiger partial charge on any atom is 0.211 e. The summed E-state index contributed by atoms with van der Waals surface area (Å²) in [5.41, 5.74) is -2.26. The van der Waals surface area contributed by atoms with Crippen molar-refractivity contribution in [2.24, 2.45) is 0 Å². The molecule has 0 aromatic heterocycles. The lowest BCUT2D eigenvalue weighted by molar-refractivity contribution is -0.957. The van der Waals surface area contributed by atoms with Gasteiger partial charge in [-0.15, -0.1) is 0 Å². The van der Waals surface area contributed by atoms with Crippen LogP contribution >= 0.6 is 0 Å². The van der Waals surface area contributed by atoms with Crippen molar-refractivity contribution in [3.05, 3.63) is 10.4 Å². The Morgan fingerprint density at radius 1 is 0.704 bits per heavy atom. The second-order valence-electron chi connectivity index (χ2n) is 11.4. The minimum Gasteiger partial charge on any atom is -0.634 e. The quantitative estimate of drug-likeness (QED) is 0.667. The Morgan fingerprint density at radius 3 is 1.11 bits per heavy atom. The maximum absolute atomic E-state index is 12.9. The van der Waals surface area contributed by atoms with Gasteiger partial charge in [0.05, 0.1) is 28.4 Å². The Kier molecular flexibility index (Phi) is 5.66. The van der Waals surface area contributed by atoms with Crippen molar-refractivity contribution in [2.75, 3.05) is 6.26 Å². The number of piperidine rings is 2. The average molecular weight is 406 g/mol. The third-order valence-electron chi connectivity index (χ3n) is 6.55. The van der Waals surface area contributed by atoms with E-state index in [4.69, 9.17) is 0 Å². The lowest BCUT2D eigenvalue weighted by Crippen LogP contribution is -3.24. The fourth-order valence-corrected chi connectivity index (χ4v) is 7.28. The van der Waals surface area contributed by atoms with Gasteiger partial charge in [0, 0.05) is 37.8 Å². The van der Waals surface area contributed by atoms with Crippen molar-refractivity contribution < 1.29 is 18.5 Å². The van der Waals surface area contributed by atoms with Gasteiger partial charge in [-0.05, 0) is 55.4 Å². The number of sulfonamides is 1. The van der Waals surface area contributed by atoms with Crippen molar-refractivity contribution in [1.82, 2.24) is 4.31 Å². The highest BCUT2D eigenvalue weighted by Crippen LogP contribution is 2.35. The summed E-state index contributed by atoms with van der Waals surface area (Å²) in [4.78, 5) is 0. The van der Waals surface area contributed by atoms with Crippen LogP contribution in [0.4, 0.5) is 0 Å². The van der Waals surface area contributed by atoms with Gasteiger partial charge in [-0.3, -0.25) is 0 Å². The summed E-state index contributed by atoms with van der Waals surface area (Å²) in [7, 11) is -3.49. The van der Waals surface area contributed by atoms with Crippen LogP contribution in [-0.2, 0) is 10.0 Å². The number of nitrogens with one attached hydrogen (secondary N) is 2. The van der Waals surface area contributed by atoms with Crippen LogP contribution in [0.1, 0.15) is 81.1 Å². The van der Waals surface area contributed by atoms with Gasteiger partial charge >= 0.3 is 0 Å². The highest BCUT2D eigenvalue weighted by molar-refractivity contribution is 7.88. The number of hydroxylamine groups is 4. The number of nitrogens with zero attached hydrogens (tertiary/aromatic N) is 1. The smallest absolute Gasteiger partial charge is 0.211 e. The molecule has 0 saturated carbocycles. The van der Waals surface area contributed by atoms with Crippen LogP contribution in [0.3, 0.4) is 0 Å². The van der Waals surface area contributed by atoms with Gasteiger partial charge < -0.3 is 20.5 Å². The summed E-state index contributed by atoms with van der Waals surface area (Å²) in [6.07, 6.45) is 3.35. The van der Waals surface area contributed by atoms with Crippen LogP contribution in [-0.4, -0.2) is 53.2 Å². The lowest BCUT2D eigenvalue weighted by Gasteiger charge is -2.59. The van der Waals surface area contributed by atoms with E-state index in [9.17, 15) is 18.8 Å². The topological polar surface area (TPSA) is 92.4 Å². The first-order valence-corrected chi connectivity index (χ1v) is 11.7. The molecule has 2 heterocycles. The predicted molar refractivity (Wildman–Crippen MR) is 108 cm³/mol. The predicted octanol–water partition coefficient (Wildman–Crippen LogP) is 0.453. The molecule has 0 radical (unpaired) electrons. The maximum atomic E-state index is 12.9. The minimum atomic E-state index is -3.49. The van der Waals surface area contributed by atoms with E-state index in [1.165, 1.54) is 6.26 Å². The third kappa shape index (κ3) is 4.36. The van der Waals surface area contributed by atoms with Crippen molar-refractivity contribution in [2.45, 2.75) is 115 Å². The SMILES string of the molecule is CC1(C)CC(N(C2CC(C)(C)[NH+]([O-])C(C)(C)C2)S(C)(=O)=O)CC(C)(C)[NH+]1[O-]. The van der Waals surface area contributed by atoms with Crippen LogP contribution in [0.25, 0.3) is 0 Å². The number of quaternary nitrogens is 2. The molecule has 0 bridgehead atoms. The number of hydrogen-bond acceptors (Lipinski definition) is 4. The van der Waals surface area contributed by atoms with Gasteiger partial charge in [-0.25, -0.2) is 8.42 Å². The average Bonchev–Trinajstić information content (AvgIpc) is 2.39. The molecule has 0 aliphatic carbocycles.